The quantitative estimate of drug-likeness (QED) is 0.443. The molecule has 1 aliphatic rings. The van der Waals surface area contributed by atoms with Crippen LogP contribution in [0.25, 0.3) is 0 Å². The van der Waals surface area contributed by atoms with Gasteiger partial charge in [0.05, 0.1) is 23.5 Å². The van der Waals surface area contributed by atoms with Gasteiger partial charge in [-0.1, -0.05) is 72.4 Å². The van der Waals surface area contributed by atoms with Crippen LogP contribution in [0.1, 0.15) is 23.1 Å². The molecule has 0 saturated carbocycles. The highest BCUT2D eigenvalue weighted by atomic mass is 32.2. The maximum Gasteiger partial charge on any atom is 0.418 e. The lowest BCUT2D eigenvalue weighted by molar-refractivity contribution is -0.137. The number of para-hydroxylation sites is 2. The van der Waals surface area contributed by atoms with E-state index in [9.17, 15) is 22.8 Å². The molecule has 1 unspecified atom stereocenters. The number of aliphatic imine (C=N–C) groups is 1. The fourth-order valence-electron chi connectivity index (χ4n) is 3.64. The Labute approximate surface area is 205 Å². The second-order valence-electron chi connectivity index (χ2n) is 7.99. The predicted octanol–water partition coefficient (Wildman–Crippen LogP) is 6.17. The largest absolute Gasteiger partial charge is 0.418 e. The van der Waals surface area contributed by atoms with Crippen LogP contribution >= 0.6 is 11.8 Å². The Morgan fingerprint density at radius 1 is 1.00 bits per heavy atom. The first-order valence-corrected chi connectivity index (χ1v) is 11.7. The Hall–Kier alpha value is -3.59. The van der Waals surface area contributed by atoms with Crippen LogP contribution in [0.2, 0.25) is 0 Å². The molecule has 3 aromatic carbocycles. The number of nitrogens with one attached hydrogen (secondary N) is 1. The minimum atomic E-state index is -4.61. The number of benzene rings is 3. The van der Waals surface area contributed by atoms with Crippen molar-refractivity contribution in [1.82, 2.24) is 4.90 Å². The molecule has 35 heavy (non-hydrogen) atoms. The van der Waals surface area contributed by atoms with E-state index in [-0.39, 0.29) is 24.6 Å². The summed E-state index contributed by atoms with van der Waals surface area (Å²) >= 11 is 1.14. The number of carbonyl (C=O) groups is 2. The third-order valence-electron chi connectivity index (χ3n) is 5.41. The van der Waals surface area contributed by atoms with Crippen molar-refractivity contribution in [1.29, 1.82) is 0 Å². The zero-order valence-corrected chi connectivity index (χ0v) is 19.6. The molecule has 1 N–H and O–H groups in total. The van der Waals surface area contributed by atoms with E-state index in [0.717, 1.165) is 29.0 Å². The molecular formula is C26H22F3N3O2S. The number of hydrogen-bond acceptors (Lipinski definition) is 4. The molecule has 0 aliphatic carbocycles. The van der Waals surface area contributed by atoms with E-state index in [4.69, 9.17) is 0 Å². The van der Waals surface area contributed by atoms with Crippen LogP contribution in [0.3, 0.4) is 0 Å². The van der Waals surface area contributed by atoms with Crippen LogP contribution in [0.4, 0.5) is 24.5 Å². The van der Waals surface area contributed by atoms with Crippen molar-refractivity contribution in [3.63, 3.8) is 0 Å². The fourth-order valence-corrected chi connectivity index (χ4v) is 4.79. The summed E-state index contributed by atoms with van der Waals surface area (Å²) in [5.74, 6) is -0.991. The molecule has 4 rings (SSSR count). The summed E-state index contributed by atoms with van der Waals surface area (Å²) in [6.07, 6.45) is -4.89. The zero-order valence-electron chi connectivity index (χ0n) is 18.8. The second-order valence-corrected chi connectivity index (χ2v) is 9.16. The number of alkyl halides is 3. The Morgan fingerprint density at radius 3 is 2.37 bits per heavy atom. The number of amides is 2. The van der Waals surface area contributed by atoms with Gasteiger partial charge in [-0.3, -0.25) is 14.5 Å². The van der Waals surface area contributed by atoms with Crippen LogP contribution in [0.5, 0.6) is 0 Å². The van der Waals surface area contributed by atoms with Gasteiger partial charge in [0.25, 0.3) is 0 Å². The van der Waals surface area contributed by atoms with Crippen molar-refractivity contribution >= 4 is 40.1 Å². The van der Waals surface area contributed by atoms with Gasteiger partial charge in [0.1, 0.15) is 5.25 Å². The van der Waals surface area contributed by atoms with E-state index in [1.54, 1.807) is 0 Å². The van der Waals surface area contributed by atoms with Crippen molar-refractivity contribution in [3.05, 3.63) is 95.6 Å². The third-order valence-corrected chi connectivity index (χ3v) is 6.59. The summed E-state index contributed by atoms with van der Waals surface area (Å²) < 4.78 is 39.8. The van der Waals surface area contributed by atoms with Crippen molar-refractivity contribution in [2.45, 2.75) is 31.3 Å². The van der Waals surface area contributed by atoms with Crippen molar-refractivity contribution in [3.8, 4) is 0 Å². The summed E-state index contributed by atoms with van der Waals surface area (Å²) in [5.41, 5.74) is 1.24. The fraction of sp³-hybridized carbons (Fsp3) is 0.192. The monoisotopic (exact) mass is 497 g/mol. The van der Waals surface area contributed by atoms with Crippen LogP contribution in [-0.4, -0.2) is 27.1 Å². The van der Waals surface area contributed by atoms with Gasteiger partial charge in [0, 0.05) is 6.42 Å². The molecule has 1 aliphatic heterocycles. The van der Waals surface area contributed by atoms with Gasteiger partial charge >= 0.3 is 6.18 Å². The summed E-state index contributed by atoms with van der Waals surface area (Å²) in [6, 6.07) is 21.6. The normalized spacial score (nSPS) is 17.1. The number of nitrogens with zero attached hydrogens (tertiary/aromatic N) is 2. The van der Waals surface area contributed by atoms with Gasteiger partial charge < -0.3 is 5.32 Å². The van der Waals surface area contributed by atoms with E-state index in [2.05, 4.69) is 10.3 Å². The lowest BCUT2D eigenvalue weighted by atomic mass is 10.1. The number of rotatable bonds is 6. The summed E-state index contributed by atoms with van der Waals surface area (Å²) in [6.45, 7) is 2.18. The van der Waals surface area contributed by atoms with Gasteiger partial charge in [-0.2, -0.15) is 13.2 Å². The van der Waals surface area contributed by atoms with Crippen molar-refractivity contribution in [2.75, 3.05) is 5.32 Å². The smallest absolute Gasteiger partial charge is 0.325 e. The van der Waals surface area contributed by atoms with E-state index in [1.807, 2.05) is 61.5 Å². The average Bonchev–Trinajstić information content (AvgIpc) is 3.09. The molecule has 2 amide bonds. The van der Waals surface area contributed by atoms with Crippen LogP contribution < -0.4 is 5.32 Å². The Balaban J connectivity index is 1.56. The minimum Gasteiger partial charge on any atom is -0.325 e. The number of amidine groups is 1. The van der Waals surface area contributed by atoms with E-state index in [1.165, 1.54) is 23.1 Å². The summed E-state index contributed by atoms with van der Waals surface area (Å²) in [7, 11) is 0. The highest BCUT2D eigenvalue weighted by Crippen LogP contribution is 2.36. The molecule has 5 nitrogen and oxygen atoms in total. The van der Waals surface area contributed by atoms with Gasteiger partial charge in [-0.15, -0.1) is 0 Å². The molecule has 0 spiro atoms. The Bertz CT molecular complexity index is 1260. The maximum absolute atomic E-state index is 13.3. The van der Waals surface area contributed by atoms with Gasteiger partial charge in [0.2, 0.25) is 11.8 Å². The molecule has 1 atom stereocenters. The van der Waals surface area contributed by atoms with Crippen LogP contribution in [-0.2, 0) is 22.3 Å². The predicted molar refractivity (Wildman–Crippen MR) is 131 cm³/mol. The molecule has 1 fully saturated rings. The first kappa shape index (κ1) is 24.5. The van der Waals surface area contributed by atoms with Crippen LogP contribution in [0.15, 0.2) is 83.9 Å². The number of hydrogen-bond donors (Lipinski definition) is 1. The van der Waals surface area contributed by atoms with Crippen molar-refractivity contribution in [2.24, 2.45) is 4.99 Å². The standard InChI is InChI=1S/C26H22F3N3O2S/c1-17-9-5-7-13-20(17)31-25-32(16-18-10-3-2-4-11-18)24(34)22(35-25)15-23(33)30-21-14-8-6-12-19(21)26(27,28)29/h2-14,22H,15-16H2,1H3,(H,30,33). The number of carbonyl (C=O) groups excluding carboxylic acids is 2. The van der Waals surface area contributed by atoms with Gasteiger partial charge in [-0.05, 0) is 36.2 Å². The van der Waals surface area contributed by atoms with Gasteiger partial charge in [-0.25, -0.2) is 4.99 Å². The molecule has 1 saturated heterocycles. The zero-order chi connectivity index (χ0) is 25.0. The molecule has 0 aromatic heterocycles. The lowest BCUT2D eigenvalue weighted by Gasteiger charge is -2.17. The van der Waals surface area contributed by atoms with E-state index in [0.29, 0.717) is 10.9 Å². The molecule has 1 heterocycles. The lowest BCUT2D eigenvalue weighted by Crippen LogP contribution is -2.33. The molecule has 180 valence electrons. The van der Waals surface area contributed by atoms with E-state index >= 15 is 0 Å². The third kappa shape index (κ3) is 5.92. The number of aryl methyl sites for hydroxylation is 1. The Morgan fingerprint density at radius 2 is 1.66 bits per heavy atom. The molecule has 3 aromatic rings. The Kier molecular flexibility index (Phi) is 7.25. The van der Waals surface area contributed by atoms with Crippen molar-refractivity contribution < 1.29 is 22.8 Å². The number of halogens is 3. The summed E-state index contributed by atoms with van der Waals surface area (Å²) in [5, 5.41) is 1.96. The SMILES string of the molecule is Cc1ccccc1N=C1SC(CC(=O)Nc2ccccc2C(F)(F)F)C(=O)N1Cc1ccccc1. The molecule has 0 bridgehead atoms. The number of thioether (sulfide) groups is 1. The highest BCUT2D eigenvalue weighted by Gasteiger charge is 2.40. The van der Waals surface area contributed by atoms with Crippen LogP contribution in [0, 0.1) is 6.92 Å². The van der Waals surface area contributed by atoms with Gasteiger partial charge in [0.15, 0.2) is 5.17 Å². The van der Waals surface area contributed by atoms with E-state index < -0.39 is 22.9 Å². The maximum atomic E-state index is 13.3. The molecule has 0 radical (unpaired) electrons. The first-order valence-electron chi connectivity index (χ1n) is 10.8. The highest BCUT2D eigenvalue weighted by molar-refractivity contribution is 8.15. The first-order chi connectivity index (χ1) is 16.7. The topological polar surface area (TPSA) is 61.8 Å². The minimum absolute atomic E-state index is 0.270. The molecule has 9 heteroatoms. The summed E-state index contributed by atoms with van der Waals surface area (Å²) in [4.78, 5) is 32.1. The molecular weight excluding hydrogens is 475 g/mol. The number of anilines is 1. The second kappa shape index (κ2) is 10.4. The average molecular weight is 498 g/mol.